The smallest absolute Gasteiger partial charge is 0.203 e. The molecule has 0 amide bonds. The van der Waals surface area contributed by atoms with Crippen molar-refractivity contribution in [3.63, 3.8) is 0 Å². The Bertz CT molecular complexity index is 873. The Morgan fingerprint density at radius 2 is 1.74 bits per heavy atom. The summed E-state index contributed by atoms with van der Waals surface area (Å²) in [4.78, 5) is 4.30. The number of hydrogen-bond acceptors (Lipinski definition) is 7. The zero-order valence-electron chi connectivity index (χ0n) is 19.4. The maximum absolute atomic E-state index is 11.0. The molecule has 0 aromatic heterocycles. The zero-order chi connectivity index (χ0) is 22.6. The van der Waals surface area contributed by atoms with E-state index in [4.69, 9.17) is 18.9 Å². The van der Waals surface area contributed by atoms with E-state index in [1.807, 2.05) is 50.2 Å². The first kappa shape index (κ1) is 23.2. The van der Waals surface area contributed by atoms with Gasteiger partial charge in [-0.05, 0) is 56.4 Å². The van der Waals surface area contributed by atoms with Gasteiger partial charge in [0.05, 0.1) is 26.9 Å². The molecule has 31 heavy (non-hydrogen) atoms. The van der Waals surface area contributed by atoms with Gasteiger partial charge in [-0.15, -0.1) is 0 Å². The fourth-order valence-electron chi connectivity index (χ4n) is 4.11. The van der Waals surface area contributed by atoms with Crippen LogP contribution in [0.4, 0.5) is 0 Å². The standard InChI is InChI=1S/C24H34N2O5/c1-24(27,16-25(2)3)19-7-8-20-18(13-19)15-26(9-10-31-20)14-17-11-21(28-4)23(30-6)22(12-17)29-5/h7-8,11-13,27H,9-10,14-16H2,1-6H3/t24-/m0/s1. The average Bonchev–Trinajstić information content (AvgIpc) is 2.93. The number of rotatable bonds is 8. The van der Waals surface area contributed by atoms with E-state index in [-0.39, 0.29) is 0 Å². The molecule has 2 aromatic rings. The largest absolute Gasteiger partial charge is 0.493 e. The van der Waals surface area contributed by atoms with Crippen molar-refractivity contribution >= 4 is 0 Å². The van der Waals surface area contributed by atoms with Crippen LogP contribution in [0.5, 0.6) is 23.0 Å². The highest BCUT2D eigenvalue weighted by molar-refractivity contribution is 5.53. The quantitative estimate of drug-likeness (QED) is 0.691. The van der Waals surface area contributed by atoms with E-state index >= 15 is 0 Å². The second-order valence-corrected chi connectivity index (χ2v) is 8.43. The molecule has 1 N–H and O–H groups in total. The van der Waals surface area contributed by atoms with Gasteiger partial charge >= 0.3 is 0 Å². The van der Waals surface area contributed by atoms with Gasteiger partial charge in [-0.1, -0.05) is 6.07 Å². The molecule has 3 rings (SSSR count). The molecule has 170 valence electrons. The van der Waals surface area contributed by atoms with E-state index in [0.717, 1.165) is 35.5 Å². The Hall–Kier alpha value is -2.48. The van der Waals surface area contributed by atoms with Crippen LogP contribution in [0.15, 0.2) is 30.3 Å². The molecular formula is C24H34N2O5. The van der Waals surface area contributed by atoms with E-state index in [1.165, 1.54) is 0 Å². The van der Waals surface area contributed by atoms with Crippen molar-refractivity contribution in [2.24, 2.45) is 0 Å². The van der Waals surface area contributed by atoms with Gasteiger partial charge in [-0.3, -0.25) is 4.90 Å². The molecule has 0 spiro atoms. The lowest BCUT2D eigenvalue weighted by atomic mass is 9.93. The van der Waals surface area contributed by atoms with Gasteiger partial charge < -0.3 is 29.0 Å². The molecule has 0 fully saturated rings. The maximum Gasteiger partial charge on any atom is 0.203 e. The van der Waals surface area contributed by atoms with Gasteiger partial charge in [0, 0.05) is 31.7 Å². The van der Waals surface area contributed by atoms with Gasteiger partial charge in [0.25, 0.3) is 0 Å². The number of aliphatic hydroxyl groups is 1. The Morgan fingerprint density at radius 1 is 1.06 bits per heavy atom. The molecule has 0 saturated heterocycles. The SMILES string of the molecule is COc1cc(CN2CCOc3ccc([C@@](C)(O)CN(C)C)cc3C2)cc(OC)c1OC. The summed E-state index contributed by atoms with van der Waals surface area (Å²) in [5.41, 5.74) is 2.08. The number of methoxy groups -OCH3 is 3. The first-order valence-corrected chi connectivity index (χ1v) is 10.4. The summed E-state index contributed by atoms with van der Waals surface area (Å²) in [7, 11) is 8.77. The minimum atomic E-state index is -0.938. The number of likely N-dealkylation sites (N-methyl/N-ethyl adjacent to an activating group) is 1. The van der Waals surface area contributed by atoms with Crippen molar-refractivity contribution in [1.29, 1.82) is 0 Å². The third-order valence-corrected chi connectivity index (χ3v) is 5.50. The van der Waals surface area contributed by atoms with E-state index in [1.54, 1.807) is 21.3 Å². The molecule has 1 aliphatic rings. The number of benzene rings is 2. The average molecular weight is 431 g/mol. The van der Waals surface area contributed by atoms with Crippen LogP contribution in [0.2, 0.25) is 0 Å². The zero-order valence-corrected chi connectivity index (χ0v) is 19.4. The van der Waals surface area contributed by atoms with Crippen molar-refractivity contribution in [3.8, 4) is 23.0 Å². The van der Waals surface area contributed by atoms with Crippen LogP contribution in [0.25, 0.3) is 0 Å². The van der Waals surface area contributed by atoms with Crippen LogP contribution in [-0.2, 0) is 18.7 Å². The highest BCUT2D eigenvalue weighted by atomic mass is 16.5. The topological polar surface area (TPSA) is 63.6 Å². The Labute approximate surface area is 185 Å². The molecule has 1 heterocycles. The maximum atomic E-state index is 11.0. The monoisotopic (exact) mass is 430 g/mol. The van der Waals surface area contributed by atoms with Gasteiger partial charge in [0.2, 0.25) is 5.75 Å². The van der Waals surface area contributed by atoms with E-state index in [2.05, 4.69) is 11.0 Å². The van der Waals surface area contributed by atoms with Gasteiger partial charge in [-0.25, -0.2) is 0 Å². The molecular weight excluding hydrogens is 396 g/mol. The lowest BCUT2D eigenvalue weighted by molar-refractivity contribution is 0.0299. The molecule has 0 bridgehead atoms. The van der Waals surface area contributed by atoms with Crippen LogP contribution in [-0.4, -0.2) is 70.0 Å². The third kappa shape index (κ3) is 5.42. The Morgan fingerprint density at radius 3 is 2.32 bits per heavy atom. The number of fused-ring (bicyclic) bond motifs is 1. The van der Waals surface area contributed by atoms with E-state index in [9.17, 15) is 5.11 Å². The molecule has 0 aliphatic carbocycles. The predicted octanol–water partition coefficient (Wildman–Crippen LogP) is 2.88. The van der Waals surface area contributed by atoms with Crippen molar-refractivity contribution in [3.05, 3.63) is 47.0 Å². The lowest BCUT2D eigenvalue weighted by Gasteiger charge is -2.28. The minimum absolute atomic E-state index is 0.543. The second kappa shape index (κ2) is 9.77. The molecule has 2 aromatic carbocycles. The summed E-state index contributed by atoms with van der Waals surface area (Å²) in [6.07, 6.45) is 0. The van der Waals surface area contributed by atoms with Crippen LogP contribution < -0.4 is 18.9 Å². The molecule has 0 radical (unpaired) electrons. The first-order valence-electron chi connectivity index (χ1n) is 10.4. The first-order chi connectivity index (χ1) is 14.8. The van der Waals surface area contributed by atoms with Crippen molar-refractivity contribution in [2.75, 3.05) is 55.1 Å². The second-order valence-electron chi connectivity index (χ2n) is 8.43. The number of ether oxygens (including phenoxy) is 4. The van der Waals surface area contributed by atoms with Crippen molar-refractivity contribution in [1.82, 2.24) is 9.80 Å². The number of hydrogen-bond donors (Lipinski definition) is 1. The van der Waals surface area contributed by atoms with Crippen LogP contribution in [0.1, 0.15) is 23.6 Å². The summed E-state index contributed by atoms with van der Waals surface area (Å²) < 4.78 is 22.4. The van der Waals surface area contributed by atoms with E-state index < -0.39 is 5.60 Å². The molecule has 0 unspecified atom stereocenters. The normalized spacial score (nSPS) is 16.1. The molecule has 0 saturated carbocycles. The van der Waals surface area contributed by atoms with Crippen molar-refractivity contribution in [2.45, 2.75) is 25.6 Å². The van der Waals surface area contributed by atoms with Gasteiger partial charge in [0.15, 0.2) is 11.5 Å². The summed E-state index contributed by atoms with van der Waals surface area (Å²) in [5.74, 6) is 2.75. The number of nitrogens with zero attached hydrogens (tertiary/aromatic N) is 2. The summed E-state index contributed by atoms with van der Waals surface area (Å²) in [6.45, 7) is 5.21. The Balaban J connectivity index is 1.85. The molecule has 1 atom stereocenters. The fourth-order valence-corrected chi connectivity index (χ4v) is 4.11. The molecule has 7 nitrogen and oxygen atoms in total. The highest BCUT2D eigenvalue weighted by Gasteiger charge is 2.26. The van der Waals surface area contributed by atoms with Crippen LogP contribution in [0, 0.1) is 0 Å². The van der Waals surface area contributed by atoms with Gasteiger partial charge in [-0.2, -0.15) is 0 Å². The van der Waals surface area contributed by atoms with Crippen LogP contribution in [0.3, 0.4) is 0 Å². The summed E-state index contributed by atoms with van der Waals surface area (Å²) in [6, 6.07) is 9.94. The van der Waals surface area contributed by atoms with Gasteiger partial charge in [0.1, 0.15) is 12.4 Å². The minimum Gasteiger partial charge on any atom is -0.493 e. The van der Waals surface area contributed by atoms with E-state index in [0.29, 0.717) is 36.9 Å². The predicted molar refractivity (Wildman–Crippen MR) is 120 cm³/mol. The fraction of sp³-hybridized carbons (Fsp3) is 0.500. The van der Waals surface area contributed by atoms with Crippen LogP contribution >= 0.6 is 0 Å². The summed E-state index contributed by atoms with van der Waals surface area (Å²) in [5, 5.41) is 11.0. The highest BCUT2D eigenvalue weighted by Crippen LogP contribution is 2.39. The third-order valence-electron chi connectivity index (χ3n) is 5.50. The Kier molecular flexibility index (Phi) is 7.30. The molecule has 1 aliphatic heterocycles. The summed E-state index contributed by atoms with van der Waals surface area (Å²) >= 11 is 0. The lowest BCUT2D eigenvalue weighted by Crippen LogP contribution is -2.34. The van der Waals surface area contributed by atoms with Crippen molar-refractivity contribution < 1.29 is 24.1 Å². The molecule has 7 heteroatoms.